The van der Waals surface area contributed by atoms with Crippen LogP contribution in [0.2, 0.25) is 5.02 Å². The molecule has 0 aliphatic rings. The third-order valence-corrected chi connectivity index (χ3v) is 3.02. The highest BCUT2D eigenvalue weighted by atomic mass is 79.9. The quantitative estimate of drug-likeness (QED) is 0.569. The fraction of sp³-hybridized carbons (Fsp3) is 0. The molecular weight excluding hydrogens is 265 g/mol. The first-order valence-electron chi connectivity index (χ1n) is 3.96. The van der Waals surface area contributed by atoms with Gasteiger partial charge < -0.3 is 10.8 Å². The second-order valence-corrected chi connectivity index (χ2v) is 4.22. The van der Waals surface area contributed by atoms with E-state index < -0.39 is 0 Å². The lowest BCUT2D eigenvalue weighted by atomic mass is 10.1. The van der Waals surface area contributed by atoms with Crippen molar-refractivity contribution in [2.45, 2.75) is 0 Å². The molecule has 2 aromatic carbocycles. The number of halogens is 2. The summed E-state index contributed by atoms with van der Waals surface area (Å²) in [6.45, 7) is 0. The van der Waals surface area contributed by atoms with Crippen molar-refractivity contribution in [1.82, 2.24) is 0 Å². The number of nitrogen functional groups attached to an aromatic ring is 1. The van der Waals surface area contributed by atoms with Crippen LogP contribution in [0.5, 0.6) is 5.75 Å². The minimum atomic E-state index is 0.0617. The van der Waals surface area contributed by atoms with E-state index in [2.05, 4.69) is 15.9 Å². The minimum absolute atomic E-state index is 0.0617. The summed E-state index contributed by atoms with van der Waals surface area (Å²) in [6.07, 6.45) is 0. The average Bonchev–Trinajstić information content (AvgIpc) is 2.14. The Labute approximate surface area is 94.4 Å². The van der Waals surface area contributed by atoms with E-state index in [9.17, 15) is 5.11 Å². The summed E-state index contributed by atoms with van der Waals surface area (Å²) in [5.41, 5.74) is 6.08. The van der Waals surface area contributed by atoms with Crippen molar-refractivity contribution in [3.8, 4) is 5.75 Å². The molecule has 0 amide bonds. The highest BCUT2D eigenvalue weighted by Crippen LogP contribution is 2.38. The van der Waals surface area contributed by atoms with Gasteiger partial charge in [-0.2, -0.15) is 0 Å². The van der Waals surface area contributed by atoms with Crippen LogP contribution in [-0.4, -0.2) is 5.11 Å². The summed E-state index contributed by atoms with van der Waals surface area (Å²) in [5.74, 6) is 0.0617. The lowest BCUT2D eigenvalue weighted by Gasteiger charge is -2.07. The maximum Gasteiger partial charge on any atom is 0.140 e. The number of fused-ring (bicyclic) bond motifs is 1. The van der Waals surface area contributed by atoms with Gasteiger partial charge in [0.15, 0.2) is 0 Å². The summed E-state index contributed by atoms with van der Waals surface area (Å²) >= 11 is 9.35. The standard InChI is InChI=1S/C10H7BrClNO/c11-6-4-8(14)10(13)5-2-1-3-7(12)9(5)6/h1-4,14H,13H2. The van der Waals surface area contributed by atoms with Gasteiger partial charge in [0, 0.05) is 20.3 Å². The molecule has 0 aromatic heterocycles. The van der Waals surface area contributed by atoms with Crippen LogP contribution in [-0.2, 0) is 0 Å². The molecule has 4 heteroatoms. The first kappa shape index (κ1) is 9.62. The lowest BCUT2D eigenvalue weighted by Crippen LogP contribution is -1.89. The zero-order chi connectivity index (χ0) is 10.3. The number of hydrogen-bond acceptors (Lipinski definition) is 2. The molecule has 2 aromatic rings. The Kier molecular flexibility index (Phi) is 2.29. The number of nitrogens with two attached hydrogens (primary N) is 1. The Bertz CT molecular complexity index is 513. The van der Waals surface area contributed by atoms with Crippen molar-refractivity contribution < 1.29 is 5.11 Å². The predicted molar refractivity (Wildman–Crippen MR) is 62.7 cm³/mol. The zero-order valence-electron chi connectivity index (χ0n) is 7.09. The van der Waals surface area contributed by atoms with Gasteiger partial charge in [-0.05, 0) is 28.1 Å². The van der Waals surface area contributed by atoms with Gasteiger partial charge in [-0.1, -0.05) is 23.7 Å². The predicted octanol–water partition coefficient (Wildman–Crippen LogP) is 3.54. The van der Waals surface area contributed by atoms with Crippen molar-refractivity contribution >= 4 is 44.0 Å². The Morgan fingerprint density at radius 3 is 2.79 bits per heavy atom. The van der Waals surface area contributed by atoms with E-state index in [0.717, 1.165) is 15.2 Å². The van der Waals surface area contributed by atoms with Crippen molar-refractivity contribution in [3.63, 3.8) is 0 Å². The van der Waals surface area contributed by atoms with Gasteiger partial charge in [0.2, 0.25) is 0 Å². The molecule has 0 spiro atoms. The fourth-order valence-corrected chi connectivity index (χ4v) is 2.43. The highest BCUT2D eigenvalue weighted by Gasteiger charge is 2.09. The molecule has 0 fully saturated rings. The molecule has 3 N–H and O–H groups in total. The molecule has 0 aliphatic carbocycles. The number of hydrogen-bond donors (Lipinski definition) is 2. The summed E-state index contributed by atoms with van der Waals surface area (Å²) in [7, 11) is 0. The largest absolute Gasteiger partial charge is 0.506 e. The lowest BCUT2D eigenvalue weighted by molar-refractivity contribution is 0.478. The molecule has 0 heterocycles. The van der Waals surface area contributed by atoms with Crippen LogP contribution >= 0.6 is 27.5 Å². The average molecular weight is 273 g/mol. The van der Waals surface area contributed by atoms with Crippen LogP contribution in [0.4, 0.5) is 5.69 Å². The van der Waals surface area contributed by atoms with Crippen LogP contribution in [0.3, 0.4) is 0 Å². The van der Waals surface area contributed by atoms with Crippen molar-refractivity contribution in [1.29, 1.82) is 0 Å². The first-order chi connectivity index (χ1) is 6.61. The maximum atomic E-state index is 9.49. The Hall–Kier alpha value is -0.930. The molecule has 0 atom stereocenters. The summed E-state index contributed by atoms with van der Waals surface area (Å²) < 4.78 is 0.741. The van der Waals surface area contributed by atoms with E-state index in [4.69, 9.17) is 17.3 Å². The van der Waals surface area contributed by atoms with Crippen LogP contribution in [0, 0.1) is 0 Å². The first-order valence-corrected chi connectivity index (χ1v) is 5.13. The SMILES string of the molecule is Nc1c(O)cc(Br)c2c(Cl)cccc12. The molecule has 2 nitrogen and oxygen atoms in total. The number of aromatic hydroxyl groups is 1. The van der Waals surface area contributed by atoms with Crippen molar-refractivity contribution in [3.05, 3.63) is 33.8 Å². The Balaban J connectivity index is 3.02. The van der Waals surface area contributed by atoms with Gasteiger partial charge >= 0.3 is 0 Å². The van der Waals surface area contributed by atoms with Crippen molar-refractivity contribution in [2.75, 3.05) is 5.73 Å². The smallest absolute Gasteiger partial charge is 0.140 e. The molecule has 14 heavy (non-hydrogen) atoms. The van der Waals surface area contributed by atoms with Crippen LogP contribution in [0.25, 0.3) is 10.8 Å². The minimum Gasteiger partial charge on any atom is -0.506 e. The Morgan fingerprint density at radius 2 is 2.07 bits per heavy atom. The second kappa shape index (κ2) is 3.33. The maximum absolute atomic E-state index is 9.49. The highest BCUT2D eigenvalue weighted by molar-refractivity contribution is 9.10. The monoisotopic (exact) mass is 271 g/mol. The molecule has 72 valence electrons. The van der Waals surface area contributed by atoms with E-state index in [0.29, 0.717) is 10.7 Å². The molecule has 0 unspecified atom stereocenters. The van der Waals surface area contributed by atoms with E-state index in [1.807, 2.05) is 6.07 Å². The third-order valence-electron chi connectivity index (χ3n) is 2.08. The van der Waals surface area contributed by atoms with Gasteiger partial charge in [0.05, 0.1) is 5.69 Å². The summed E-state index contributed by atoms with van der Waals surface area (Å²) in [4.78, 5) is 0. The normalized spacial score (nSPS) is 10.7. The van der Waals surface area contributed by atoms with E-state index in [1.165, 1.54) is 0 Å². The zero-order valence-corrected chi connectivity index (χ0v) is 9.43. The Morgan fingerprint density at radius 1 is 1.36 bits per heavy atom. The summed E-state index contributed by atoms with van der Waals surface area (Å²) in [5, 5.41) is 11.7. The van der Waals surface area contributed by atoms with Gasteiger partial charge in [-0.15, -0.1) is 0 Å². The molecule has 0 aliphatic heterocycles. The van der Waals surface area contributed by atoms with Gasteiger partial charge in [-0.25, -0.2) is 0 Å². The number of anilines is 1. The van der Waals surface area contributed by atoms with E-state index in [1.54, 1.807) is 18.2 Å². The number of phenols is 1. The number of phenolic OH excluding ortho intramolecular Hbond substituents is 1. The molecular formula is C10H7BrClNO. The fourth-order valence-electron chi connectivity index (χ4n) is 1.40. The van der Waals surface area contributed by atoms with Gasteiger partial charge in [0.1, 0.15) is 5.75 Å². The van der Waals surface area contributed by atoms with Crippen LogP contribution < -0.4 is 5.73 Å². The molecule has 0 saturated carbocycles. The molecule has 2 rings (SSSR count). The van der Waals surface area contributed by atoms with E-state index >= 15 is 0 Å². The molecule has 0 saturated heterocycles. The second-order valence-electron chi connectivity index (χ2n) is 2.95. The topological polar surface area (TPSA) is 46.2 Å². The number of rotatable bonds is 0. The molecule has 0 bridgehead atoms. The van der Waals surface area contributed by atoms with Crippen LogP contribution in [0.1, 0.15) is 0 Å². The van der Waals surface area contributed by atoms with Crippen LogP contribution in [0.15, 0.2) is 28.7 Å². The van der Waals surface area contributed by atoms with Gasteiger partial charge in [-0.3, -0.25) is 0 Å². The summed E-state index contributed by atoms with van der Waals surface area (Å²) in [6, 6.07) is 6.95. The number of benzene rings is 2. The van der Waals surface area contributed by atoms with Crippen molar-refractivity contribution in [2.24, 2.45) is 0 Å². The van der Waals surface area contributed by atoms with Gasteiger partial charge in [0.25, 0.3) is 0 Å². The third kappa shape index (κ3) is 1.33. The van der Waals surface area contributed by atoms with E-state index in [-0.39, 0.29) is 5.75 Å². The molecule has 0 radical (unpaired) electrons.